The number of aliphatic carboxylic acids is 1. The van der Waals surface area contributed by atoms with Crippen LogP contribution in [0.3, 0.4) is 0 Å². The summed E-state index contributed by atoms with van der Waals surface area (Å²) in [6, 6.07) is 7.55. The molecular formula is C17H22N4O5S. The molecule has 1 amide bonds. The van der Waals surface area contributed by atoms with Gasteiger partial charge in [-0.1, -0.05) is 18.2 Å². The zero-order valence-electron chi connectivity index (χ0n) is 14.9. The van der Waals surface area contributed by atoms with E-state index in [1.165, 1.54) is 9.31 Å². The molecule has 10 heteroatoms. The number of rotatable bonds is 6. The zero-order valence-corrected chi connectivity index (χ0v) is 15.7. The van der Waals surface area contributed by atoms with Crippen LogP contribution in [0.1, 0.15) is 19.3 Å². The highest BCUT2D eigenvalue weighted by Crippen LogP contribution is 2.25. The molecule has 1 unspecified atom stereocenters. The number of nitrogens with zero attached hydrogens (tertiary/aromatic N) is 3. The first-order valence-corrected chi connectivity index (χ1v) is 10.5. The zero-order chi connectivity index (χ0) is 19.6. The van der Waals surface area contributed by atoms with Crippen LogP contribution in [-0.2, 0) is 19.6 Å². The average molecular weight is 394 g/mol. The minimum Gasteiger partial charge on any atom is -0.480 e. The molecule has 2 atom stereocenters. The van der Waals surface area contributed by atoms with Gasteiger partial charge < -0.3 is 10.4 Å². The van der Waals surface area contributed by atoms with Gasteiger partial charge in [0.15, 0.2) is 6.04 Å². The van der Waals surface area contributed by atoms with Gasteiger partial charge >= 0.3 is 5.97 Å². The summed E-state index contributed by atoms with van der Waals surface area (Å²) in [7, 11) is -3.32. The van der Waals surface area contributed by atoms with E-state index < -0.39 is 27.9 Å². The van der Waals surface area contributed by atoms with Crippen molar-refractivity contribution in [1.82, 2.24) is 9.62 Å². The quantitative estimate of drug-likeness (QED) is 0.714. The molecule has 0 aliphatic carbocycles. The van der Waals surface area contributed by atoms with E-state index in [1.807, 2.05) is 6.07 Å². The standard InChI is InChI=1S/C17H22N4O5S/c1-27(25,26)20-9-5-8-13(20)11-18-16(22)14-10-15(17(23)24)21(19-14)12-6-3-2-4-7-12/h2-4,6-7,13,15H,5,8-11H2,1H3,(H,18,22)(H,23,24)/t13-,15?/m1/s1. The molecule has 0 saturated carbocycles. The van der Waals surface area contributed by atoms with Crippen molar-refractivity contribution in [3.63, 3.8) is 0 Å². The molecule has 1 saturated heterocycles. The van der Waals surface area contributed by atoms with Crippen molar-refractivity contribution in [3.8, 4) is 0 Å². The van der Waals surface area contributed by atoms with Gasteiger partial charge in [-0.2, -0.15) is 9.41 Å². The normalized spacial score (nSPS) is 23.3. The molecule has 0 radical (unpaired) electrons. The highest BCUT2D eigenvalue weighted by Gasteiger charge is 2.37. The van der Waals surface area contributed by atoms with Crippen LogP contribution < -0.4 is 10.3 Å². The Balaban J connectivity index is 1.68. The van der Waals surface area contributed by atoms with Crippen molar-refractivity contribution in [1.29, 1.82) is 0 Å². The molecule has 1 aromatic rings. The summed E-state index contributed by atoms with van der Waals surface area (Å²) in [6.45, 7) is 0.622. The molecule has 2 aliphatic rings. The summed E-state index contributed by atoms with van der Waals surface area (Å²) in [6.07, 6.45) is 2.56. The number of nitrogens with one attached hydrogen (secondary N) is 1. The van der Waals surface area contributed by atoms with E-state index in [9.17, 15) is 23.1 Å². The molecule has 1 aromatic carbocycles. The number of carboxylic acid groups (broad SMARTS) is 1. The minimum absolute atomic E-state index is 0.0173. The Morgan fingerprint density at radius 3 is 2.63 bits per heavy atom. The number of carbonyl (C=O) groups is 2. The SMILES string of the molecule is CS(=O)(=O)N1CCC[C@@H]1CNC(=O)C1=NN(c2ccccc2)C(C(=O)O)C1. The molecule has 2 N–H and O–H groups in total. The van der Waals surface area contributed by atoms with Crippen molar-refractivity contribution in [2.45, 2.75) is 31.3 Å². The maximum absolute atomic E-state index is 12.5. The third-order valence-corrected chi connectivity index (χ3v) is 6.06. The van der Waals surface area contributed by atoms with E-state index in [-0.39, 0.29) is 24.7 Å². The minimum atomic E-state index is -3.32. The van der Waals surface area contributed by atoms with Crippen LogP contribution in [0.2, 0.25) is 0 Å². The van der Waals surface area contributed by atoms with Crippen LogP contribution >= 0.6 is 0 Å². The van der Waals surface area contributed by atoms with Gasteiger partial charge in [0.1, 0.15) is 5.71 Å². The first-order valence-electron chi connectivity index (χ1n) is 8.67. The fraction of sp³-hybridized carbons (Fsp3) is 0.471. The van der Waals surface area contributed by atoms with Crippen molar-refractivity contribution in [2.24, 2.45) is 5.10 Å². The van der Waals surface area contributed by atoms with E-state index in [0.29, 0.717) is 18.7 Å². The topological polar surface area (TPSA) is 119 Å². The third kappa shape index (κ3) is 4.28. The van der Waals surface area contributed by atoms with Gasteiger partial charge in [-0.25, -0.2) is 13.2 Å². The number of carboxylic acids is 1. The maximum Gasteiger partial charge on any atom is 0.328 e. The molecule has 146 valence electrons. The van der Waals surface area contributed by atoms with Gasteiger partial charge in [0.2, 0.25) is 10.0 Å². The van der Waals surface area contributed by atoms with Gasteiger partial charge in [-0.15, -0.1) is 0 Å². The lowest BCUT2D eigenvalue weighted by Crippen LogP contribution is -2.44. The van der Waals surface area contributed by atoms with Gasteiger partial charge in [0.05, 0.1) is 11.9 Å². The molecule has 0 aromatic heterocycles. The number of sulfonamides is 1. The second kappa shape index (κ2) is 7.65. The van der Waals surface area contributed by atoms with Crippen LogP contribution in [0.4, 0.5) is 5.69 Å². The van der Waals surface area contributed by atoms with Gasteiger partial charge in [-0.05, 0) is 25.0 Å². The molecule has 9 nitrogen and oxygen atoms in total. The molecule has 2 aliphatic heterocycles. The average Bonchev–Trinajstić information content (AvgIpc) is 3.27. The molecule has 1 fully saturated rings. The predicted octanol–water partition coefficient (Wildman–Crippen LogP) is 0.246. The fourth-order valence-electron chi connectivity index (χ4n) is 3.42. The maximum atomic E-state index is 12.5. The van der Waals surface area contributed by atoms with Crippen LogP contribution in [-0.4, -0.2) is 66.8 Å². The lowest BCUT2D eigenvalue weighted by molar-refractivity contribution is -0.138. The summed E-state index contributed by atoms with van der Waals surface area (Å²) in [5.41, 5.74) is 0.710. The molecule has 0 spiro atoms. The lowest BCUT2D eigenvalue weighted by atomic mass is 10.1. The predicted molar refractivity (Wildman–Crippen MR) is 100.0 cm³/mol. The lowest BCUT2D eigenvalue weighted by Gasteiger charge is -2.22. The number of carbonyl (C=O) groups excluding carboxylic acids is 1. The smallest absolute Gasteiger partial charge is 0.328 e. The van der Waals surface area contributed by atoms with Crippen LogP contribution in [0, 0.1) is 0 Å². The highest BCUT2D eigenvalue weighted by atomic mass is 32.2. The van der Waals surface area contributed by atoms with Crippen LogP contribution in [0.15, 0.2) is 35.4 Å². The Hall–Kier alpha value is -2.46. The number of anilines is 1. The number of hydrazone groups is 1. The van der Waals surface area contributed by atoms with Crippen LogP contribution in [0.5, 0.6) is 0 Å². The molecule has 0 bridgehead atoms. The second-order valence-corrected chi connectivity index (χ2v) is 8.60. The van der Waals surface area contributed by atoms with Gasteiger partial charge in [0.25, 0.3) is 5.91 Å². The van der Waals surface area contributed by atoms with Crippen molar-refractivity contribution < 1.29 is 23.1 Å². The van der Waals surface area contributed by atoms with E-state index >= 15 is 0 Å². The second-order valence-electron chi connectivity index (χ2n) is 6.66. The largest absolute Gasteiger partial charge is 0.480 e. The highest BCUT2D eigenvalue weighted by molar-refractivity contribution is 7.88. The Morgan fingerprint density at radius 2 is 2.00 bits per heavy atom. The first-order chi connectivity index (χ1) is 12.8. The summed E-state index contributed by atoms with van der Waals surface area (Å²) in [5.74, 6) is -1.54. The van der Waals surface area contributed by atoms with Gasteiger partial charge in [-0.3, -0.25) is 9.80 Å². The van der Waals surface area contributed by atoms with E-state index in [0.717, 1.165) is 12.7 Å². The Bertz CT molecular complexity index is 855. The van der Waals surface area contributed by atoms with Crippen molar-refractivity contribution in [3.05, 3.63) is 30.3 Å². The van der Waals surface area contributed by atoms with E-state index in [4.69, 9.17) is 0 Å². The summed E-state index contributed by atoms with van der Waals surface area (Å²) < 4.78 is 24.9. The Labute approximate surface area is 157 Å². The fourth-order valence-corrected chi connectivity index (χ4v) is 4.60. The summed E-state index contributed by atoms with van der Waals surface area (Å²) >= 11 is 0. The third-order valence-electron chi connectivity index (χ3n) is 4.73. The summed E-state index contributed by atoms with van der Waals surface area (Å²) in [5, 5.41) is 17.7. The van der Waals surface area contributed by atoms with Crippen LogP contribution in [0.25, 0.3) is 0 Å². The van der Waals surface area contributed by atoms with E-state index in [2.05, 4.69) is 10.4 Å². The van der Waals surface area contributed by atoms with Gasteiger partial charge in [0, 0.05) is 25.6 Å². The van der Waals surface area contributed by atoms with E-state index in [1.54, 1.807) is 24.3 Å². The number of benzene rings is 1. The molecule has 2 heterocycles. The first kappa shape index (κ1) is 19.3. The monoisotopic (exact) mass is 394 g/mol. The Morgan fingerprint density at radius 1 is 1.30 bits per heavy atom. The number of para-hydroxylation sites is 1. The van der Waals surface area contributed by atoms with Crippen molar-refractivity contribution >= 4 is 33.3 Å². The Kier molecular flexibility index (Phi) is 5.47. The number of amides is 1. The van der Waals surface area contributed by atoms with Crippen molar-refractivity contribution in [2.75, 3.05) is 24.4 Å². The molecule has 3 rings (SSSR count). The molecule has 27 heavy (non-hydrogen) atoms. The molecular weight excluding hydrogens is 372 g/mol. The number of hydrogen-bond donors (Lipinski definition) is 2. The summed E-state index contributed by atoms with van der Waals surface area (Å²) in [4.78, 5) is 24.0. The number of hydrogen-bond acceptors (Lipinski definition) is 6.